The summed E-state index contributed by atoms with van der Waals surface area (Å²) in [6.07, 6.45) is 4.20. The zero-order valence-corrected chi connectivity index (χ0v) is 16.5. The minimum atomic E-state index is -0.918. The number of carbonyl (C=O) groups excluding carboxylic acids is 2. The molecule has 2 amide bonds. The van der Waals surface area contributed by atoms with Crippen molar-refractivity contribution < 1.29 is 14.3 Å². The lowest BCUT2D eigenvalue weighted by Gasteiger charge is -2.15. The minimum absolute atomic E-state index is 0.224. The average molecular weight is 393 g/mol. The van der Waals surface area contributed by atoms with Gasteiger partial charge in [0.05, 0.1) is 5.69 Å². The lowest BCUT2D eigenvalue weighted by atomic mass is 9.98. The van der Waals surface area contributed by atoms with Crippen LogP contribution >= 0.6 is 0 Å². The minimum Gasteiger partial charge on any atom is -0.408 e. The van der Waals surface area contributed by atoms with Crippen molar-refractivity contribution in [1.82, 2.24) is 4.90 Å². The van der Waals surface area contributed by atoms with Crippen LogP contribution in [0.5, 0.6) is 5.75 Å². The van der Waals surface area contributed by atoms with E-state index in [1.54, 1.807) is 24.3 Å². The molecule has 2 fully saturated rings. The van der Waals surface area contributed by atoms with Crippen LogP contribution in [0.3, 0.4) is 0 Å². The Kier molecular flexibility index (Phi) is 5.81. The highest BCUT2D eigenvalue weighted by atomic mass is 16.5. The number of para-hydroxylation sites is 2. The van der Waals surface area contributed by atoms with Gasteiger partial charge in [-0.1, -0.05) is 24.3 Å². The maximum atomic E-state index is 12.6. The number of nitrogens with one attached hydrogen (secondary N) is 1. The lowest BCUT2D eigenvalue weighted by Crippen LogP contribution is -2.23. The Morgan fingerprint density at radius 1 is 1.03 bits per heavy atom. The summed E-state index contributed by atoms with van der Waals surface area (Å²) >= 11 is 0. The van der Waals surface area contributed by atoms with Crippen LogP contribution in [-0.4, -0.2) is 36.5 Å². The summed E-state index contributed by atoms with van der Waals surface area (Å²) in [4.78, 5) is 26.2. The van der Waals surface area contributed by atoms with Gasteiger partial charge in [0, 0.05) is 18.7 Å². The summed E-state index contributed by atoms with van der Waals surface area (Å²) in [6.45, 7) is 3.68. The third-order valence-corrected chi connectivity index (χ3v) is 5.67. The second-order valence-corrected chi connectivity index (χ2v) is 8.13. The van der Waals surface area contributed by atoms with Gasteiger partial charge in [-0.15, -0.1) is 0 Å². The first-order valence-corrected chi connectivity index (χ1v) is 10.3. The molecule has 1 aliphatic heterocycles. The third-order valence-electron chi connectivity index (χ3n) is 5.67. The average Bonchev–Trinajstić information content (AvgIpc) is 3.41. The quantitative estimate of drug-likeness (QED) is 0.752. The predicted molar refractivity (Wildman–Crippen MR) is 112 cm³/mol. The molecule has 6 nitrogen and oxygen atoms in total. The number of rotatable bonds is 7. The van der Waals surface area contributed by atoms with Gasteiger partial charge in [-0.05, 0) is 73.9 Å². The van der Waals surface area contributed by atoms with Gasteiger partial charge in [-0.2, -0.15) is 0 Å². The summed E-state index contributed by atoms with van der Waals surface area (Å²) in [6, 6.07) is 14.5. The largest absolute Gasteiger partial charge is 0.410 e. The van der Waals surface area contributed by atoms with Crippen LogP contribution in [0.15, 0.2) is 48.5 Å². The third kappa shape index (κ3) is 5.35. The number of ether oxygens (including phenoxy) is 1. The van der Waals surface area contributed by atoms with E-state index in [1.165, 1.54) is 44.5 Å². The summed E-state index contributed by atoms with van der Waals surface area (Å²) < 4.78 is 4.93. The van der Waals surface area contributed by atoms with Gasteiger partial charge in [-0.25, -0.2) is 4.79 Å². The van der Waals surface area contributed by atoms with Crippen LogP contribution in [-0.2, 0) is 6.42 Å². The molecule has 3 N–H and O–H groups in total. The SMILES string of the molecule is NC(=O)Oc1ccccc1NC(=O)c1ccc(CC2CCN(CC3CC3)C2)cc1. The molecule has 0 bridgehead atoms. The van der Waals surface area contributed by atoms with E-state index in [0.29, 0.717) is 17.2 Å². The first-order valence-electron chi connectivity index (χ1n) is 10.3. The molecule has 2 aromatic rings. The molecule has 6 heteroatoms. The Bertz CT molecular complexity index is 877. The molecule has 0 radical (unpaired) electrons. The molecule has 2 aliphatic rings. The molecule has 1 heterocycles. The lowest BCUT2D eigenvalue weighted by molar-refractivity contribution is 0.102. The van der Waals surface area contributed by atoms with Gasteiger partial charge < -0.3 is 20.7 Å². The summed E-state index contributed by atoms with van der Waals surface area (Å²) in [7, 11) is 0. The standard InChI is InChI=1S/C23H27N3O3/c24-23(28)29-21-4-2-1-3-20(21)25-22(27)19-9-7-16(8-10-19)13-18-11-12-26(15-18)14-17-5-6-17/h1-4,7-10,17-18H,5-6,11-15H2,(H2,24,28)(H,25,27). The molecule has 0 spiro atoms. The van der Waals surface area contributed by atoms with E-state index in [-0.39, 0.29) is 11.7 Å². The Morgan fingerprint density at radius 3 is 2.52 bits per heavy atom. The Balaban J connectivity index is 1.33. The molecule has 1 aliphatic carbocycles. The van der Waals surface area contributed by atoms with Crippen LogP contribution in [0.2, 0.25) is 0 Å². The molecule has 1 saturated carbocycles. The number of anilines is 1. The molecule has 4 rings (SSSR count). The van der Waals surface area contributed by atoms with Gasteiger partial charge in [0.15, 0.2) is 5.75 Å². The zero-order chi connectivity index (χ0) is 20.2. The number of nitrogens with two attached hydrogens (primary N) is 1. The Labute approximate surface area is 171 Å². The highest BCUT2D eigenvalue weighted by Crippen LogP contribution is 2.32. The van der Waals surface area contributed by atoms with Crippen LogP contribution in [0.4, 0.5) is 10.5 Å². The number of amides is 2. The topological polar surface area (TPSA) is 84.7 Å². The smallest absolute Gasteiger partial charge is 0.408 e. The fourth-order valence-corrected chi connectivity index (χ4v) is 4.00. The number of benzene rings is 2. The summed E-state index contributed by atoms with van der Waals surface area (Å²) in [5, 5.41) is 2.78. The highest BCUT2D eigenvalue weighted by Gasteiger charge is 2.29. The fraction of sp³-hybridized carbons (Fsp3) is 0.391. The molecule has 29 heavy (non-hydrogen) atoms. The van der Waals surface area contributed by atoms with Crippen molar-refractivity contribution in [3.05, 3.63) is 59.7 Å². The van der Waals surface area contributed by atoms with E-state index in [1.807, 2.05) is 24.3 Å². The Morgan fingerprint density at radius 2 is 1.79 bits per heavy atom. The first kappa shape index (κ1) is 19.5. The van der Waals surface area contributed by atoms with Crippen molar-refractivity contribution >= 4 is 17.7 Å². The number of hydrogen-bond donors (Lipinski definition) is 2. The molecule has 2 aromatic carbocycles. The monoisotopic (exact) mass is 393 g/mol. The van der Waals surface area contributed by atoms with Crippen LogP contribution in [0.1, 0.15) is 35.2 Å². The van der Waals surface area contributed by atoms with Crippen molar-refractivity contribution in [3.63, 3.8) is 0 Å². The first-order chi connectivity index (χ1) is 14.1. The number of primary amides is 1. The van der Waals surface area contributed by atoms with Crippen molar-refractivity contribution in [3.8, 4) is 5.75 Å². The van der Waals surface area contributed by atoms with E-state index in [0.717, 1.165) is 12.3 Å². The van der Waals surface area contributed by atoms with Crippen LogP contribution < -0.4 is 15.8 Å². The van der Waals surface area contributed by atoms with Gasteiger partial charge >= 0.3 is 6.09 Å². The van der Waals surface area contributed by atoms with E-state index < -0.39 is 6.09 Å². The molecular weight excluding hydrogens is 366 g/mol. The Hall–Kier alpha value is -2.86. The van der Waals surface area contributed by atoms with Gasteiger partial charge in [0.1, 0.15) is 0 Å². The normalized spacial score (nSPS) is 19.1. The molecule has 1 atom stereocenters. The maximum Gasteiger partial charge on any atom is 0.410 e. The van der Waals surface area contributed by atoms with E-state index in [9.17, 15) is 9.59 Å². The number of nitrogens with zero attached hydrogens (tertiary/aromatic N) is 1. The molecule has 0 aromatic heterocycles. The molecule has 1 unspecified atom stereocenters. The van der Waals surface area contributed by atoms with Gasteiger partial charge in [0.2, 0.25) is 0 Å². The summed E-state index contributed by atoms with van der Waals surface area (Å²) in [5.41, 5.74) is 7.30. The van der Waals surface area contributed by atoms with Crippen molar-refractivity contribution in [2.24, 2.45) is 17.6 Å². The van der Waals surface area contributed by atoms with Gasteiger partial charge in [-0.3, -0.25) is 4.79 Å². The highest BCUT2D eigenvalue weighted by molar-refractivity contribution is 6.05. The summed E-state index contributed by atoms with van der Waals surface area (Å²) in [5.74, 6) is 1.62. The van der Waals surface area contributed by atoms with E-state index >= 15 is 0 Å². The van der Waals surface area contributed by atoms with E-state index in [4.69, 9.17) is 10.5 Å². The fourth-order valence-electron chi connectivity index (χ4n) is 4.00. The number of carbonyl (C=O) groups is 2. The predicted octanol–water partition coefficient (Wildman–Crippen LogP) is 3.67. The molecular formula is C23H27N3O3. The second kappa shape index (κ2) is 8.66. The number of hydrogen-bond acceptors (Lipinski definition) is 4. The van der Waals surface area contributed by atoms with Crippen LogP contribution in [0.25, 0.3) is 0 Å². The van der Waals surface area contributed by atoms with Gasteiger partial charge in [0.25, 0.3) is 5.91 Å². The number of likely N-dealkylation sites (tertiary alicyclic amines) is 1. The molecule has 1 saturated heterocycles. The molecule has 152 valence electrons. The zero-order valence-electron chi connectivity index (χ0n) is 16.5. The second-order valence-electron chi connectivity index (χ2n) is 8.13. The maximum absolute atomic E-state index is 12.6. The van der Waals surface area contributed by atoms with Crippen molar-refractivity contribution in [1.29, 1.82) is 0 Å². The van der Waals surface area contributed by atoms with Crippen molar-refractivity contribution in [2.75, 3.05) is 25.0 Å². The van der Waals surface area contributed by atoms with Crippen molar-refractivity contribution in [2.45, 2.75) is 25.7 Å². The van der Waals surface area contributed by atoms with Crippen LogP contribution in [0, 0.1) is 11.8 Å². The van der Waals surface area contributed by atoms with E-state index in [2.05, 4.69) is 10.2 Å².